The van der Waals surface area contributed by atoms with E-state index in [1.54, 1.807) is 10.6 Å². The highest BCUT2D eigenvalue weighted by molar-refractivity contribution is 6.09. The Kier molecular flexibility index (Phi) is 6.15. The van der Waals surface area contributed by atoms with Gasteiger partial charge in [0.1, 0.15) is 17.3 Å². The molecule has 0 spiro atoms. The number of aromatic nitrogens is 4. The Morgan fingerprint density at radius 2 is 1.31 bits per heavy atom. The van der Waals surface area contributed by atoms with Crippen LogP contribution < -0.4 is 14.2 Å². The van der Waals surface area contributed by atoms with Crippen molar-refractivity contribution in [3.63, 3.8) is 0 Å². The second-order valence-electron chi connectivity index (χ2n) is 11.8. The lowest BCUT2D eigenvalue weighted by Crippen LogP contribution is -2.26. The number of pyridine rings is 1. The first kappa shape index (κ1) is 25.4. The highest BCUT2D eigenvalue weighted by Gasteiger charge is 2.18. The third-order valence-corrected chi connectivity index (χ3v) is 8.77. The Morgan fingerprint density at radius 1 is 0.612 bits per heavy atom. The molecule has 49 heavy (non-hydrogen) atoms. The van der Waals surface area contributed by atoms with Crippen LogP contribution in [0.15, 0.2) is 170 Å². The Labute approximate surface area is 288 Å². The number of rotatable bonds is 7. The van der Waals surface area contributed by atoms with E-state index in [0.29, 0.717) is 17.0 Å². The summed E-state index contributed by atoms with van der Waals surface area (Å²) >= 11 is 0. The Hall–Kier alpha value is -6.66. The number of aryl methyl sites for hydroxylation is 1. The van der Waals surface area contributed by atoms with Crippen molar-refractivity contribution in [2.24, 2.45) is 6.98 Å². The van der Waals surface area contributed by atoms with Gasteiger partial charge in [0.25, 0.3) is 0 Å². The van der Waals surface area contributed by atoms with Crippen molar-refractivity contribution in [1.82, 2.24) is 14.1 Å². The van der Waals surface area contributed by atoms with Crippen molar-refractivity contribution >= 4 is 49.9 Å². The number of ether oxygens (including phenoxy) is 1. The topological polar surface area (TPSA) is 39.1 Å². The zero-order valence-electron chi connectivity index (χ0n) is 29.3. The normalized spacial score (nSPS) is 12.5. The molecule has 0 atom stereocenters. The van der Waals surface area contributed by atoms with Crippen LogP contribution in [0, 0.1) is 6.33 Å². The van der Waals surface area contributed by atoms with Gasteiger partial charge in [-0.15, -0.1) is 0 Å². The van der Waals surface area contributed by atoms with E-state index in [4.69, 9.17) is 13.8 Å². The van der Waals surface area contributed by atoms with Crippen LogP contribution in [0.3, 0.4) is 0 Å². The van der Waals surface area contributed by atoms with E-state index in [2.05, 4.69) is 70.4 Å². The third kappa shape index (κ3) is 5.07. The molecule has 0 aliphatic carbocycles. The van der Waals surface area contributed by atoms with Gasteiger partial charge in [-0.1, -0.05) is 91.0 Å². The maximum atomic E-state index is 8.04. The molecule has 0 amide bonds. The lowest BCUT2D eigenvalue weighted by molar-refractivity contribution is -0.649. The number of anilines is 3. The largest absolute Gasteiger partial charge is 0.458 e. The summed E-state index contributed by atoms with van der Waals surface area (Å²) in [5.41, 5.74) is 7.09. The Morgan fingerprint density at radius 3 is 2.10 bits per heavy atom. The third-order valence-electron chi connectivity index (χ3n) is 8.77. The molecular weight excluding hydrogens is 603 g/mol. The van der Waals surface area contributed by atoms with Gasteiger partial charge in [0.05, 0.1) is 44.5 Å². The zero-order chi connectivity index (χ0) is 35.2. The summed E-state index contributed by atoms with van der Waals surface area (Å²) in [5.74, 6) is 2.03. The Balaban J connectivity index is 1.13. The molecule has 0 radical (unpaired) electrons. The minimum Gasteiger partial charge on any atom is -0.458 e. The van der Waals surface area contributed by atoms with Crippen molar-refractivity contribution in [1.29, 1.82) is 0 Å². The summed E-state index contributed by atoms with van der Waals surface area (Å²) in [5, 5.41) is 2.19. The van der Waals surface area contributed by atoms with E-state index in [1.807, 2.05) is 109 Å². The van der Waals surface area contributed by atoms with Crippen molar-refractivity contribution in [2.75, 3.05) is 4.90 Å². The molecule has 0 bridgehead atoms. The number of fused-ring (bicyclic) bond motifs is 4. The molecule has 0 aliphatic rings. The van der Waals surface area contributed by atoms with Gasteiger partial charge in [0, 0.05) is 40.5 Å². The van der Waals surface area contributed by atoms with Gasteiger partial charge in [-0.2, -0.15) is 0 Å². The first-order valence-corrected chi connectivity index (χ1v) is 16.1. The van der Waals surface area contributed by atoms with Crippen molar-refractivity contribution < 1.29 is 13.4 Å². The minimum absolute atomic E-state index is 0.570. The molecular formula is C43H31N5O. The predicted octanol–water partition coefficient (Wildman–Crippen LogP) is 10.0. The van der Waals surface area contributed by atoms with E-state index in [1.165, 1.54) is 4.57 Å². The van der Waals surface area contributed by atoms with Gasteiger partial charge in [-0.3, -0.25) is 4.57 Å². The van der Waals surface area contributed by atoms with Crippen LogP contribution in [0.2, 0.25) is 0 Å². The van der Waals surface area contributed by atoms with Crippen molar-refractivity contribution in [3.8, 4) is 23.0 Å². The van der Waals surface area contributed by atoms with E-state index in [0.717, 1.165) is 55.9 Å². The summed E-state index contributed by atoms with van der Waals surface area (Å²) in [6.45, 7) is -2.37. The van der Waals surface area contributed by atoms with Crippen LogP contribution in [0.25, 0.3) is 44.3 Å². The number of imidazole rings is 1. The quantitative estimate of drug-likeness (QED) is 0.129. The number of hydrogen-bond acceptors (Lipinski definition) is 3. The summed E-state index contributed by atoms with van der Waals surface area (Å²) < 4.78 is 35.8. The number of benzene rings is 6. The molecule has 0 saturated heterocycles. The smallest absolute Gasteiger partial charge is 0.244 e. The molecule has 6 aromatic carbocycles. The number of nitrogens with zero attached hydrogens (tertiary/aromatic N) is 5. The number of hydrogen-bond donors (Lipinski definition) is 0. The standard InChI is InChI=1S/C43H31N5O/c1-45-30-46(41-22-11-10-21-40(41)45)33-17-12-18-35(27-33)49-36-23-24-38-37-19-8-9-20-39(37)48(42(38)29-36)43-28-34(25-26-44-43)47(31-13-4-2-5-14-31)32-15-6-3-7-16-32/h2-29H,1H3/i1D3. The SMILES string of the molecule is [2H]C([2H])([2H])[n+]1[c-]n(-c2cccc(Oc3ccc4c5ccccc5n(-c5cc(N(c6ccccc6)c6ccccc6)ccn5)c4c3)c2)c2ccccc21. The van der Waals surface area contributed by atoms with Crippen LogP contribution in [-0.2, 0) is 6.98 Å². The minimum atomic E-state index is -2.37. The molecule has 0 N–H and O–H groups in total. The predicted molar refractivity (Wildman–Crippen MR) is 197 cm³/mol. The molecule has 6 nitrogen and oxygen atoms in total. The first-order valence-electron chi connectivity index (χ1n) is 17.6. The molecule has 0 unspecified atom stereocenters. The molecule has 3 heterocycles. The molecule has 234 valence electrons. The summed E-state index contributed by atoms with van der Waals surface area (Å²) in [4.78, 5) is 7.13. The maximum absolute atomic E-state index is 8.04. The highest BCUT2D eigenvalue weighted by atomic mass is 16.5. The molecule has 9 aromatic rings. The van der Waals surface area contributed by atoms with Crippen molar-refractivity contribution in [2.45, 2.75) is 0 Å². The highest BCUT2D eigenvalue weighted by Crippen LogP contribution is 2.38. The number of para-hydroxylation sites is 5. The zero-order valence-corrected chi connectivity index (χ0v) is 26.3. The van der Waals surface area contributed by atoms with Gasteiger partial charge in [-0.25, -0.2) is 4.98 Å². The van der Waals surface area contributed by atoms with E-state index >= 15 is 0 Å². The molecule has 0 fully saturated rings. The van der Waals surface area contributed by atoms with Crippen LogP contribution in [0.5, 0.6) is 11.5 Å². The van der Waals surface area contributed by atoms with Crippen LogP contribution in [0.4, 0.5) is 17.1 Å². The monoisotopic (exact) mass is 636 g/mol. The second kappa shape index (κ2) is 11.9. The van der Waals surface area contributed by atoms with Gasteiger partial charge < -0.3 is 18.8 Å². The van der Waals surface area contributed by atoms with Gasteiger partial charge in [-0.05, 0) is 60.7 Å². The summed E-state index contributed by atoms with van der Waals surface area (Å²) in [6.07, 6.45) is 4.89. The van der Waals surface area contributed by atoms with E-state index < -0.39 is 6.98 Å². The summed E-state index contributed by atoms with van der Waals surface area (Å²) in [7, 11) is 0. The van der Waals surface area contributed by atoms with Crippen molar-refractivity contribution in [3.05, 3.63) is 176 Å². The fourth-order valence-corrected chi connectivity index (χ4v) is 6.60. The molecule has 3 aromatic heterocycles. The first-order chi connectivity index (χ1) is 25.4. The van der Waals surface area contributed by atoms with E-state index in [-0.39, 0.29) is 0 Å². The van der Waals surface area contributed by atoms with Crippen LogP contribution in [-0.4, -0.2) is 14.1 Å². The lowest BCUT2D eigenvalue weighted by atomic mass is 10.1. The lowest BCUT2D eigenvalue weighted by Gasteiger charge is -2.25. The fraction of sp³-hybridized carbons (Fsp3) is 0.0233. The van der Waals surface area contributed by atoms with Gasteiger partial charge >= 0.3 is 0 Å². The maximum Gasteiger partial charge on any atom is 0.244 e. The van der Waals surface area contributed by atoms with Gasteiger partial charge in [0.2, 0.25) is 6.33 Å². The molecule has 0 saturated carbocycles. The average molecular weight is 637 g/mol. The van der Waals surface area contributed by atoms with Crippen LogP contribution >= 0.6 is 0 Å². The second-order valence-corrected chi connectivity index (χ2v) is 11.8. The van der Waals surface area contributed by atoms with E-state index in [9.17, 15) is 0 Å². The van der Waals surface area contributed by atoms with Crippen LogP contribution in [0.1, 0.15) is 4.11 Å². The molecule has 6 heteroatoms. The average Bonchev–Trinajstić information content (AvgIpc) is 3.73. The fourth-order valence-electron chi connectivity index (χ4n) is 6.60. The molecule has 0 aliphatic heterocycles. The Bertz CT molecular complexity index is 2680. The molecule has 9 rings (SSSR count). The summed E-state index contributed by atoms with van der Waals surface area (Å²) in [6, 6.07) is 54.2. The van der Waals surface area contributed by atoms with Gasteiger partial charge in [0.15, 0.2) is 0 Å².